The summed E-state index contributed by atoms with van der Waals surface area (Å²) in [7, 11) is 0. The molecule has 0 saturated heterocycles. The molecule has 1 atom stereocenters. The molecule has 1 amide bonds. The number of hydrogen-bond acceptors (Lipinski definition) is 3. The molecule has 0 fully saturated rings. The topological polar surface area (TPSA) is 75.6 Å². The molecule has 0 spiro atoms. The molecule has 0 aliphatic rings. The Morgan fingerprint density at radius 1 is 0.889 bits per heavy atom. The number of anilines is 1. The first-order chi connectivity index (χ1) is 12.7. The van der Waals surface area contributed by atoms with Crippen molar-refractivity contribution < 1.29 is 19.4 Å². The molecule has 27 heavy (non-hydrogen) atoms. The van der Waals surface area contributed by atoms with Crippen LogP contribution in [0, 0.1) is 0 Å². The van der Waals surface area contributed by atoms with Crippen molar-refractivity contribution in [2.75, 3.05) is 5.32 Å². The number of rotatable bonds is 7. The predicted molar refractivity (Wildman–Crippen MR) is 107 cm³/mol. The molecule has 0 aliphatic carbocycles. The molecule has 2 N–H and O–H groups in total. The summed E-state index contributed by atoms with van der Waals surface area (Å²) < 4.78 is 5.30. The number of para-hydroxylation sites is 1. The Balaban J connectivity index is 2.24. The molecular formula is C22H27NO4. The predicted octanol–water partition coefficient (Wildman–Crippen LogP) is 5.04. The van der Waals surface area contributed by atoms with Crippen LogP contribution in [0.4, 0.5) is 5.69 Å². The van der Waals surface area contributed by atoms with E-state index in [1.165, 1.54) is 6.92 Å². The van der Waals surface area contributed by atoms with Gasteiger partial charge in [-0.15, -0.1) is 0 Å². The van der Waals surface area contributed by atoms with Gasteiger partial charge in [0.1, 0.15) is 5.75 Å². The normalized spacial score (nSPS) is 12.1. The van der Waals surface area contributed by atoms with Crippen molar-refractivity contribution in [3.8, 4) is 5.75 Å². The number of benzene rings is 2. The standard InChI is InChI=1S/C22H27NO4/c1-13(2)18-7-6-8-19(14(3)4)20(18)23-21(24)16-9-11-17(12-10-16)27-15(5)22(25)26/h6-15H,1-5H3,(H,23,24)(H,25,26)/t15-/m1/s1. The van der Waals surface area contributed by atoms with Gasteiger partial charge in [-0.25, -0.2) is 4.79 Å². The maximum absolute atomic E-state index is 12.8. The number of aliphatic carboxylic acids is 1. The summed E-state index contributed by atoms with van der Waals surface area (Å²) in [6.45, 7) is 9.87. The molecule has 0 unspecified atom stereocenters. The van der Waals surface area contributed by atoms with Crippen LogP contribution in [-0.4, -0.2) is 23.1 Å². The van der Waals surface area contributed by atoms with Crippen LogP contribution in [0.2, 0.25) is 0 Å². The van der Waals surface area contributed by atoms with Gasteiger partial charge in [0.05, 0.1) is 0 Å². The van der Waals surface area contributed by atoms with Crippen molar-refractivity contribution in [2.45, 2.75) is 52.6 Å². The van der Waals surface area contributed by atoms with E-state index in [4.69, 9.17) is 9.84 Å². The Morgan fingerprint density at radius 2 is 1.41 bits per heavy atom. The number of carbonyl (C=O) groups excluding carboxylic acids is 1. The first-order valence-electron chi connectivity index (χ1n) is 9.14. The highest BCUT2D eigenvalue weighted by atomic mass is 16.5. The van der Waals surface area contributed by atoms with E-state index in [1.54, 1.807) is 24.3 Å². The smallest absolute Gasteiger partial charge is 0.344 e. The van der Waals surface area contributed by atoms with Crippen LogP contribution in [0.1, 0.15) is 67.9 Å². The highest BCUT2D eigenvalue weighted by Gasteiger charge is 2.17. The zero-order valence-electron chi connectivity index (χ0n) is 16.4. The van der Waals surface area contributed by atoms with E-state index in [2.05, 4.69) is 33.0 Å². The molecule has 0 aromatic heterocycles. The van der Waals surface area contributed by atoms with Gasteiger partial charge in [0.15, 0.2) is 6.10 Å². The fourth-order valence-electron chi connectivity index (χ4n) is 2.82. The SMILES string of the molecule is CC(C)c1cccc(C(C)C)c1NC(=O)c1ccc(O[C@H](C)C(=O)O)cc1. The third-order valence-corrected chi connectivity index (χ3v) is 4.39. The third kappa shape index (κ3) is 5.09. The molecule has 0 radical (unpaired) electrons. The van der Waals surface area contributed by atoms with Crippen LogP contribution in [0.15, 0.2) is 42.5 Å². The van der Waals surface area contributed by atoms with Crippen LogP contribution >= 0.6 is 0 Å². The van der Waals surface area contributed by atoms with E-state index in [-0.39, 0.29) is 17.7 Å². The van der Waals surface area contributed by atoms with Gasteiger partial charge in [-0.1, -0.05) is 45.9 Å². The first-order valence-corrected chi connectivity index (χ1v) is 9.14. The minimum Gasteiger partial charge on any atom is -0.479 e. The van der Waals surface area contributed by atoms with Crippen molar-refractivity contribution in [1.82, 2.24) is 0 Å². The van der Waals surface area contributed by atoms with Crippen molar-refractivity contribution in [3.05, 3.63) is 59.2 Å². The summed E-state index contributed by atoms with van der Waals surface area (Å²) in [6.07, 6.45) is -0.948. The van der Waals surface area contributed by atoms with Gasteiger partial charge < -0.3 is 15.2 Å². The van der Waals surface area contributed by atoms with E-state index < -0.39 is 12.1 Å². The summed E-state index contributed by atoms with van der Waals surface area (Å²) in [5.74, 6) is -0.266. The van der Waals surface area contributed by atoms with Crippen molar-refractivity contribution in [3.63, 3.8) is 0 Å². The molecule has 5 nitrogen and oxygen atoms in total. The first kappa shape index (κ1) is 20.5. The van der Waals surface area contributed by atoms with Crippen molar-refractivity contribution >= 4 is 17.6 Å². The monoisotopic (exact) mass is 369 g/mol. The Hall–Kier alpha value is -2.82. The summed E-state index contributed by atoms with van der Waals surface area (Å²) >= 11 is 0. The maximum atomic E-state index is 12.8. The minimum absolute atomic E-state index is 0.206. The molecule has 2 aromatic rings. The average molecular weight is 369 g/mol. The lowest BCUT2D eigenvalue weighted by molar-refractivity contribution is -0.144. The van der Waals surface area contributed by atoms with Crippen LogP contribution < -0.4 is 10.1 Å². The maximum Gasteiger partial charge on any atom is 0.344 e. The minimum atomic E-state index is -1.04. The van der Waals surface area contributed by atoms with Gasteiger partial charge in [0.2, 0.25) is 0 Å². The molecule has 2 aromatic carbocycles. The number of carboxylic acids is 1. The fourth-order valence-corrected chi connectivity index (χ4v) is 2.82. The number of ether oxygens (including phenoxy) is 1. The summed E-state index contributed by atoms with van der Waals surface area (Å²) in [4.78, 5) is 23.6. The quantitative estimate of drug-likeness (QED) is 0.717. The second-order valence-corrected chi connectivity index (χ2v) is 7.20. The summed E-state index contributed by atoms with van der Waals surface area (Å²) in [6, 6.07) is 12.6. The van der Waals surface area contributed by atoms with Gasteiger partial charge in [-0.05, 0) is 54.2 Å². The molecule has 0 aliphatic heterocycles. The van der Waals surface area contributed by atoms with Crippen LogP contribution in [0.3, 0.4) is 0 Å². The number of nitrogens with one attached hydrogen (secondary N) is 1. The van der Waals surface area contributed by atoms with E-state index in [1.807, 2.05) is 18.2 Å². The number of hydrogen-bond donors (Lipinski definition) is 2. The zero-order valence-corrected chi connectivity index (χ0v) is 16.4. The molecule has 0 heterocycles. The van der Waals surface area contributed by atoms with E-state index in [9.17, 15) is 9.59 Å². The van der Waals surface area contributed by atoms with Crippen LogP contribution in [0.25, 0.3) is 0 Å². The zero-order chi connectivity index (χ0) is 20.1. The van der Waals surface area contributed by atoms with Crippen molar-refractivity contribution in [1.29, 1.82) is 0 Å². The summed E-state index contributed by atoms with van der Waals surface area (Å²) in [5, 5.41) is 12.0. The Morgan fingerprint density at radius 3 is 1.85 bits per heavy atom. The van der Waals surface area contributed by atoms with Gasteiger partial charge in [-0.3, -0.25) is 4.79 Å². The van der Waals surface area contributed by atoms with Gasteiger partial charge >= 0.3 is 5.97 Å². The molecule has 0 bridgehead atoms. The van der Waals surface area contributed by atoms with E-state index >= 15 is 0 Å². The van der Waals surface area contributed by atoms with Gasteiger partial charge in [0, 0.05) is 11.3 Å². The Labute approximate surface area is 160 Å². The van der Waals surface area contributed by atoms with Crippen molar-refractivity contribution in [2.24, 2.45) is 0 Å². The number of carboxylic acid groups (broad SMARTS) is 1. The van der Waals surface area contributed by atoms with E-state index in [0.717, 1.165) is 16.8 Å². The lowest BCUT2D eigenvalue weighted by atomic mass is 9.92. The second kappa shape index (κ2) is 8.71. The number of amides is 1. The Kier molecular flexibility index (Phi) is 6.61. The third-order valence-electron chi connectivity index (χ3n) is 4.39. The van der Waals surface area contributed by atoms with Crippen LogP contribution in [0.5, 0.6) is 5.75 Å². The lowest BCUT2D eigenvalue weighted by Crippen LogP contribution is -2.22. The molecule has 144 valence electrons. The Bertz CT molecular complexity index is 783. The molecule has 2 rings (SSSR count). The van der Waals surface area contributed by atoms with E-state index in [0.29, 0.717) is 11.3 Å². The molecular weight excluding hydrogens is 342 g/mol. The molecule has 5 heteroatoms. The lowest BCUT2D eigenvalue weighted by Gasteiger charge is -2.20. The van der Waals surface area contributed by atoms with Gasteiger partial charge in [0.25, 0.3) is 5.91 Å². The van der Waals surface area contributed by atoms with Gasteiger partial charge in [-0.2, -0.15) is 0 Å². The number of carbonyl (C=O) groups is 2. The second-order valence-electron chi connectivity index (χ2n) is 7.20. The highest BCUT2D eigenvalue weighted by molar-refractivity contribution is 6.05. The molecule has 0 saturated carbocycles. The van der Waals surface area contributed by atoms with Crippen LogP contribution in [-0.2, 0) is 4.79 Å². The highest BCUT2D eigenvalue weighted by Crippen LogP contribution is 2.32. The fraction of sp³-hybridized carbons (Fsp3) is 0.364. The average Bonchev–Trinajstić information content (AvgIpc) is 2.61. The summed E-state index contributed by atoms with van der Waals surface area (Å²) in [5.41, 5.74) is 3.56. The largest absolute Gasteiger partial charge is 0.479 e.